The zero-order chi connectivity index (χ0) is 20.8. The Morgan fingerprint density at radius 2 is 1.90 bits per heavy atom. The first-order chi connectivity index (χ1) is 14.0. The van der Waals surface area contributed by atoms with E-state index in [9.17, 15) is 10.1 Å². The highest BCUT2D eigenvalue weighted by Crippen LogP contribution is 2.20. The molecule has 0 saturated heterocycles. The van der Waals surface area contributed by atoms with Gasteiger partial charge in [-0.3, -0.25) is 9.69 Å². The van der Waals surface area contributed by atoms with E-state index < -0.39 is 0 Å². The SMILES string of the molecule is CN1C(=O)/C(=C/c2ccc(N(C)CCO)cc2)N=C1/C=C/c1ccccc1C#N. The first kappa shape index (κ1) is 20.1. The van der Waals surface area contributed by atoms with Crippen LogP contribution < -0.4 is 4.90 Å². The van der Waals surface area contributed by atoms with Gasteiger partial charge < -0.3 is 10.0 Å². The second-order valence-corrected chi connectivity index (χ2v) is 6.63. The van der Waals surface area contributed by atoms with Crippen molar-refractivity contribution in [3.63, 3.8) is 0 Å². The van der Waals surface area contributed by atoms with Crippen molar-refractivity contribution in [2.75, 3.05) is 32.1 Å². The molecule has 2 aromatic carbocycles. The Hall–Kier alpha value is -3.69. The molecule has 3 rings (SSSR count). The van der Waals surface area contributed by atoms with Crippen LogP contribution in [0.4, 0.5) is 5.69 Å². The highest BCUT2D eigenvalue weighted by Gasteiger charge is 2.25. The van der Waals surface area contributed by atoms with Crippen LogP contribution in [0.2, 0.25) is 0 Å². The number of likely N-dealkylation sites (N-methyl/N-ethyl adjacent to an activating group) is 2. The van der Waals surface area contributed by atoms with Crippen LogP contribution in [-0.4, -0.2) is 49.0 Å². The molecule has 0 aromatic heterocycles. The predicted molar refractivity (Wildman–Crippen MR) is 115 cm³/mol. The first-order valence-corrected chi connectivity index (χ1v) is 9.21. The summed E-state index contributed by atoms with van der Waals surface area (Å²) in [6.07, 6.45) is 5.27. The summed E-state index contributed by atoms with van der Waals surface area (Å²) < 4.78 is 0. The number of aliphatic hydroxyl groups is 1. The van der Waals surface area contributed by atoms with E-state index in [1.165, 1.54) is 4.90 Å². The van der Waals surface area contributed by atoms with Gasteiger partial charge in [-0.1, -0.05) is 30.3 Å². The average molecular weight is 386 g/mol. The lowest BCUT2D eigenvalue weighted by Crippen LogP contribution is -2.26. The van der Waals surface area contributed by atoms with Crippen molar-refractivity contribution in [2.24, 2.45) is 4.99 Å². The highest BCUT2D eigenvalue weighted by atomic mass is 16.3. The molecule has 1 heterocycles. The molecule has 0 spiro atoms. The van der Waals surface area contributed by atoms with E-state index >= 15 is 0 Å². The van der Waals surface area contributed by atoms with Gasteiger partial charge in [0.2, 0.25) is 0 Å². The van der Waals surface area contributed by atoms with Crippen LogP contribution in [0.15, 0.2) is 65.3 Å². The number of hydrogen-bond acceptors (Lipinski definition) is 5. The smallest absolute Gasteiger partial charge is 0.277 e. The molecule has 0 bridgehead atoms. The summed E-state index contributed by atoms with van der Waals surface area (Å²) >= 11 is 0. The molecule has 1 aliphatic heterocycles. The zero-order valence-electron chi connectivity index (χ0n) is 16.4. The number of benzene rings is 2. The van der Waals surface area contributed by atoms with E-state index in [4.69, 9.17) is 5.11 Å². The van der Waals surface area contributed by atoms with Crippen LogP contribution in [0.5, 0.6) is 0 Å². The van der Waals surface area contributed by atoms with Crippen molar-refractivity contribution in [3.8, 4) is 6.07 Å². The molecular formula is C23H22N4O2. The third-order valence-electron chi connectivity index (χ3n) is 4.67. The number of rotatable bonds is 6. The Labute approximate surface area is 170 Å². The topological polar surface area (TPSA) is 79.9 Å². The second-order valence-electron chi connectivity index (χ2n) is 6.63. The van der Waals surface area contributed by atoms with E-state index in [2.05, 4.69) is 11.1 Å². The fourth-order valence-electron chi connectivity index (χ4n) is 2.94. The second kappa shape index (κ2) is 9.00. The van der Waals surface area contributed by atoms with Gasteiger partial charge >= 0.3 is 0 Å². The summed E-state index contributed by atoms with van der Waals surface area (Å²) in [6, 6.07) is 17.1. The highest BCUT2D eigenvalue weighted by molar-refractivity contribution is 6.18. The van der Waals surface area contributed by atoms with Crippen LogP contribution in [-0.2, 0) is 4.79 Å². The lowest BCUT2D eigenvalue weighted by molar-refractivity contribution is -0.121. The minimum absolute atomic E-state index is 0.0903. The number of aliphatic hydroxyl groups excluding tert-OH is 1. The van der Waals surface area contributed by atoms with E-state index in [0.29, 0.717) is 23.6 Å². The summed E-state index contributed by atoms with van der Waals surface area (Å²) in [5.41, 5.74) is 3.56. The Balaban J connectivity index is 1.82. The summed E-state index contributed by atoms with van der Waals surface area (Å²) in [4.78, 5) is 20.4. The molecule has 6 heteroatoms. The van der Waals surface area contributed by atoms with Gasteiger partial charge in [-0.2, -0.15) is 5.26 Å². The lowest BCUT2D eigenvalue weighted by atomic mass is 10.1. The first-order valence-electron chi connectivity index (χ1n) is 9.21. The Kier molecular flexibility index (Phi) is 6.22. The number of anilines is 1. The standard InChI is InChI=1S/C23H22N4O2/c1-26(13-14-28)20-10-7-17(8-11-20)15-21-23(29)27(2)22(25-21)12-9-18-5-3-4-6-19(18)16-24/h3-12,15,28H,13-14H2,1-2H3/b12-9+,21-15-. The molecule has 29 heavy (non-hydrogen) atoms. The van der Waals surface area contributed by atoms with Gasteiger partial charge in [0.15, 0.2) is 0 Å². The maximum atomic E-state index is 12.5. The van der Waals surface area contributed by atoms with Gasteiger partial charge in [-0.25, -0.2) is 4.99 Å². The molecule has 6 nitrogen and oxygen atoms in total. The Morgan fingerprint density at radius 3 is 2.59 bits per heavy atom. The minimum Gasteiger partial charge on any atom is -0.395 e. The molecule has 2 aromatic rings. The van der Waals surface area contributed by atoms with E-state index in [-0.39, 0.29) is 12.5 Å². The van der Waals surface area contributed by atoms with E-state index in [1.54, 1.807) is 31.3 Å². The number of amidine groups is 1. The maximum absolute atomic E-state index is 12.5. The molecule has 0 aliphatic carbocycles. The molecule has 0 radical (unpaired) electrons. The fraction of sp³-hybridized carbons (Fsp3) is 0.174. The zero-order valence-corrected chi connectivity index (χ0v) is 16.4. The molecule has 0 fully saturated rings. The van der Waals surface area contributed by atoms with Crippen LogP contribution in [0, 0.1) is 11.3 Å². The number of carbonyl (C=O) groups excluding carboxylic acids is 1. The lowest BCUT2D eigenvalue weighted by Gasteiger charge is -2.17. The van der Waals surface area contributed by atoms with Crippen molar-refractivity contribution >= 4 is 29.6 Å². The third-order valence-corrected chi connectivity index (χ3v) is 4.67. The Morgan fingerprint density at radius 1 is 1.17 bits per heavy atom. The molecule has 1 aliphatic rings. The van der Waals surface area contributed by atoms with Gasteiger partial charge in [-0.15, -0.1) is 0 Å². The van der Waals surface area contributed by atoms with Gasteiger partial charge in [0, 0.05) is 26.3 Å². The fourth-order valence-corrected chi connectivity index (χ4v) is 2.94. The number of aliphatic imine (C=N–C) groups is 1. The number of nitriles is 1. The number of amides is 1. The molecule has 1 amide bonds. The van der Waals surface area contributed by atoms with Crippen molar-refractivity contribution in [2.45, 2.75) is 0 Å². The monoisotopic (exact) mass is 386 g/mol. The minimum atomic E-state index is -0.181. The van der Waals surface area contributed by atoms with Gasteiger partial charge in [0.1, 0.15) is 11.5 Å². The number of carbonyl (C=O) groups is 1. The summed E-state index contributed by atoms with van der Waals surface area (Å²) in [5, 5.41) is 18.2. The molecule has 1 N–H and O–H groups in total. The van der Waals surface area contributed by atoms with Crippen molar-refractivity contribution in [1.82, 2.24) is 4.90 Å². The van der Waals surface area contributed by atoms with Crippen LogP contribution in [0.3, 0.4) is 0 Å². The molecule has 146 valence electrons. The molecule has 0 unspecified atom stereocenters. The van der Waals surface area contributed by atoms with Crippen molar-refractivity contribution in [3.05, 3.63) is 77.0 Å². The summed E-state index contributed by atoms with van der Waals surface area (Å²) in [6.45, 7) is 0.644. The number of nitrogens with zero attached hydrogens (tertiary/aromatic N) is 4. The normalized spacial score (nSPS) is 15.1. The summed E-state index contributed by atoms with van der Waals surface area (Å²) in [7, 11) is 3.59. The third kappa shape index (κ3) is 4.60. The van der Waals surface area contributed by atoms with Crippen LogP contribution in [0.1, 0.15) is 16.7 Å². The molecular weight excluding hydrogens is 364 g/mol. The van der Waals surface area contributed by atoms with Crippen LogP contribution in [0.25, 0.3) is 12.2 Å². The van der Waals surface area contributed by atoms with Gasteiger partial charge in [0.25, 0.3) is 5.91 Å². The van der Waals surface area contributed by atoms with E-state index in [0.717, 1.165) is 16.8 Å². The van der Waals surface area contributed by atoms with Crippen molar-refractivity contribution in [1.29, 1.82) is 5.26 Å². The average Bonchev–Trinajstić information content (AvgIpc) is 3.01. The number of hydrogen-bond donors (Lipinski definition) is 1. The van der Waals surface area contributed by atoms with Crippen molar-refractivity contribution < 1.29 is 9.90 Å². The summed E-state index contributed by atoms with van der Waals surface area (Å²) in [5.74, 6) is 0.341. The largest absolute Gasteiger partial charge is 0.395 e. The quantitative estimate of drug-likeness (QED) is 0.774. The van der Waals surface area contributed by atoms with Crippen LogP contribution >= 0.6 is 0 Å². The van der Waals surface area contributed by atoms with Gasteiger partial charge in [0.05, 0.1) is 18.2 Å². The molecule has 0 atom stereocenters. The Bertz CT molecular complexity index is 1030. The predicted octanol–water partition coefficient (Wildman–Crippen LogP) is 2.91. The molecule has 0 saturated carbocycles. The maximum Gasteiger partial charge on any atom is 0.277 e. The van der Waals surface area contributed by atoms with Gasteiger partial charge in [-0.05, 0) is 47.6 Å². The van der Waals surface area contributed by atoms with E-state index in [1.807, 2.05) is 54.4 Å².